The summed E-state index contributed by atoms with van der Waals surface area (Å²) in [6.07, 6.45) is 2.69. The number of nitrogens with zero attached hydrogens (tertiary/aromatic N) is 2. The molecule has 146 valence electrons. The van der Waals surface area contributed by atoms with Crippen LogP contribution in [-0.4, -0.2) is 58.5 Å². The van der Waals surface area contributed by atoms with Crippen LogP contribution in [0.4, 0.5) is 0 Å². The van der Waals surface area contributed by atoms with Crippen molar-refractivity contribution in [1.29, 1.82) is 0 Å². The molecule has 1 amide bonds. The maximum atomic E-state index is 12.4. The number of nitrogens with one attached hydrogen (secondary N) is 1. The zero-order valence-corrected chi connectivity index (χ0v) is 16.0. The first-order valence-electron chi connectivity index (χ1n) is 8.67. The zero-order chi connectivity index (χ0) is 19.9. The lowest BCUT2D eigenvalue weighted by Crippen LogP contribution is -2.29. The first kappa shape index (κ1) is 19.7. The van der Waals surface area contributed by atoms with Gasteiger partial charge in [-0.25, -0.2) is 9.59 Å². The molecule has 1 saturated heterocycles. The Morgan fingerprint density at radius 3 is 2.82 bits per heavy atom. The Morgan fingerprint density at radius 2 is 2.07 bits per heavy atom. The monoisotopic (exact) mass is 401 g/mol. The lowest BCUT2D eigenvalue weighted by Gasteiger charge is -2.16. The van der Waals surface area contributed by atoms with Crippen LogP contribution in [-0.2, 0) is 19.1 Å². The van der Waals surface area contributed by atoms with E-state index in [0.717, 1.165) is 5.56 Å². The fraction of sp³-hybridized carbons (Fsp3) is 0.263. The predicted octanol–water partition coefficient (Wildman–Crippen LogP) is 2.21. The van der Waals surface area contributed by atoms with Crippen LogP contribution < -0.4 is 0 Å². The van der Waals surface area contributed by atoms with Gasteiger partial charge in [0, 0.05) is 5.56 Å². The smallest absolute Gasteiger partial charge is 0.342 e. The van der Waals surface area contributed by atoms with Crippen LogP contribution in [0, 0.1) is 0 Å². The van der Waals surface area contributed by atoms with E-state index >= 15 is 0 Å². The molecule has 9 heteroatoms. The highest BCUT2D eigenvalue weighted by atomic mass is 32.2. The van der Waals surface area contributed by atoms with E-state index < -0.39 is 11.9 Å². The van der Waals surface area contributed by atoms with Gasteiger partial charge in [-0.1, -0.05) is 42.1 Å². The van der Waals surface area contributed by atoms with Gasteiger partial charge in [-0.2, -0.15) is 5.10 Å². The SMILES string of the molecule is CCOC(=O)C=C1SCC(=O)N1CCOC(=O)c1cn[nH]c1-c1ccccc1. The van der Waals surface area contributed by atoms with E-state index in [1.54, 1.807) is 6.92 Å². The molecule has 3 rings (SSSR count). The van der Waals surface area contributed by atoms with E-state index in [4.69, 9.17) is 9.47 Å². The number of benzene rings is 1. The second kappa shape index (κ2) is 9.23. The molecule has 1 fully saturated rings. The standard InChI is InChI=1S/C19H19N3O5S/c1-2-26-17(24)10-16-22(15(23)12-28-16)8-9-27-19(25)14-11-20-21-18(14)13-6-4-3-5-7-13/h3-7,10-11H,2,8-9,12H2,1H3,(H,20,21). The number of H-pyrrole nitrogens is 1. The summed E-state index contributed by atoms with van der Waals surface area (Å²) >= 11 is 1.25. The Kier molecular flexibility index (Phi) is 6.49. The van der Waals surface area contributed by atoms with E-state index in [1.165, 1.54) is 28.9 Å². The summed E-state index contributed by atoms with van der Waals surface area (Å²) in [5, 5.41) is 7.22. The molecule has 1 aliphatic rings. The van der Waals surface area contributed by atoms with Crippen molar-refractivity contribution in [3.63, 3.8) is 0 Å². The zero-order valence-electron chi connectivity index (χ0n) is 15.2. The average molecular weight is 401 g/mol. The van der Waals surface area contributed by atoms with Gasteiger partial charge in [0.2, 0.25) is 5.91 Å². The van der Waals surface area contributed by atoms with E-state index in [1.807, 2.05) is 30.3 Å². The van der Waals surface area contributed by atoms with E-state index in [0.29, 0.717) is 16.3 Å². The van der Waals surface area contributed by atoms with Gasteiger partial charge >= 0.3 is 11.9 Å². The van der Waals surface area contributed by atoms with E-state index in [2.05, 4.69) is 10.2 Å². The van der Waals surface area contributed by atoms with Gasteiger partial charge in [-0.3, -0.25) is 9.89 Å². The number of carbonyl (C=O) groups is 3. The maximum absolute atomic E-state index is 12.4. The fourth-order valence-corrected chi connectivity index (χ4v) is 3.58. The summed E-state index contributed by atoms with van der Waals surface area (Å²) < 4.78 is 10.2. The number of carbonyl (C=O) groups excluding carboxylic acids is 3. The van der Waals surface area contributed by atoms with Gasteiger partial charge < -0.3 is 14.4 Å². The molecule has 1 aromatic carbocycles. The average Bonchev–Trinajstić information content (AvgIpc) is 3.31. The topological polar surface area (TPSA) is 102 Å². The summed E-state index contributed by atoms with van der Waals surface area (Å²) in [6, 6.07) is 9.32. The number of aromatic amines is 1. The summed E-state index contributed by atoms with van der Waals surface area (Å²) in [6.45, 7) is 2.11. The quantitative estimate of drug-likeness (QED) is 0.561. The van der Waals surface area contributed by atoms with Crippen LogP contribution in [0.2, 0.25) is 0 Å². The number of esters is 2. The van der Waals surface area contributed by atoms with Crippen LogP contribution in [0.15, 0.2) is 47.6 Å². The highest BCUT2D eigenvalue weighted by molar-refractivity contribution is 8.04. The summed E-state index contributed by atoms with van der Waals surface area (Å²) in [5.41, 5.74) is 1.70. The van der Waals surface area contributed by atoms with Crippen LogP contribution in [0.3, 0.4) is 0 Å². The van der Waals surface area contributed by atoms with Crippen molar-refractivity contribution < 1.29 is 23.9 Å². The molecule has 1 N–H and O–H groups in total. The minimum Gasteiger partial charge on any atom is -0.463 e. The van der Waals surface area contributed by atoms with Crippen molar-refractivity contribution in [2.75, 3.05) is 25.5 Å². The van der Waals surface area contributed by atoms with Gasteiger partial charge in [-0.15, -0.1) is 0 Å². The Balaban J connectivity index is 1.61. The molecule has 0 saturated carbocycles. The third kappa shape index (κ3) is 4.61. The lowest BCUT2D eigenvalue weighted by atomic mass is 10.1. The minimum absolute atomic E-state index is 0.00922. The largest absolute Gasteiger partial charge is 0.463 e. The highest BCUT2D eigenvalue weighted by Gasteiger charge is 2.27. The molecule has 2 aromatic rings. The highest BCUT2D eigenvalue weighted by Crippen LogP contribution is 2.28. The van der Waals surface area contributed by atoms with Gasteiger partial charge in [0.05, 0.1) is 41.9 Å². The van der Waals surface area contributed by atoms with E-state index in [-0.39, 0.29) is 31.4 Å². The molecule has 28 heavy (non-hydrogen) atoms. The number of amides is 1. The predicted molar refractivity (Wildman–Crippen MR) is 103 cm³/mol. The second-order valence-corrected chi connectivity index (χ2v) is 6.72. The van der Waals surface area contributed by atoms with Crippen molar-refractivity contribution in [2.45, 2.75) is 6.92 Å². The lowest BCUT2D eigenvalue weighted by molar-refractivity contribution is -0.137. The molecule has 1 aromatic heterocycles. The molecule has 0 radical (unpaired) electrons. The molecule has 0 aliphatic carbocycles. The van der Waals surface area contributed by atoms with Crippen LogP contribution in [0.1, 0.15) is 17.3 Å². The summed E-state index contributed by atoms with van der Waals surface area (Å²) in [5.74, 6) is -0.959. The number of thioether (sulfide) groups is 1. The van der Waals surface area contributed by atoms with Crippen LogP contribution >= 0.6 is 11.8 Å². The number of rotatable bonds is 7. The molecule has 0 atom stereocenters. The molecule has 2 heterocycles. The number of hydrogen-bond donors (Lipinski definition) is 1. The Morgan fingerprint density at radius 1 is 1.29 bits per heavy atom. The molecule has 0 bridgehead atoms. The maximum Gasteiger partial charge on any atom is 0.342 e. The molecule has 1 aliphatic heterocycles. The van der Waals surface area contributed by atoms with Gasteiger partial charge in [0.15, 0.2) is 0 Å². The second-order valence-electron chi connectivity index (χ2n) is 5.73. The van der Waals surface area contributed by atoms with Gasteiger partial charge in [-0.05, 0) is 6.92 Å². The molecular weight excluding hydrogens is 382 g/mol. The minimum atomic E-state index is -0.539. The van der Waals surface area contributed by atoms with Crippen LogP contribution in [0.25, 0.3) is 11.3 Å². The Hall–Kier alpha value is -3.07. The van der Waals surface area contributed by atoms with Gasteiger partial charge in [0.25, 0.3) is 0 Å². The van der Waals surface area contributed by atoms with Crippen molar-refractivity contribution >= 4 is 29.6 Å². The normalized spacial score (nSPS) is 15.1. The first-order valence-corrected chi connectivity index (χ1v) is 9.66. The Labute approximate surface area is 165 Å². The number of ether oxygens (including phenoxy) is 2. The molecular formula is C19H19N3O5S. The molecule has 8 nitrogen and oxygen atoms in total. The van der Waals surface area contributed by atoms with Crippen molar-refractivity contribution in [2.24, 2.45) is 0 Å². The summed E-state index contributed by atoms with van der Waals surface area (Å²) in [7, 11) is 0. The third-order valence-electron chi connectivity index (χ3n) is 3.91. The number of hydrogen-bond acceptors (Lipinski definition) is 7. The first-order chi connectivity index (χ1) is 13.6. The van der Waals surface area contributed by atoms with E-state index in [9.17, 15) is 14.4 Å². The third-order valence-corrected chi connectivity index (χ3v) is 4.93. The molecule has 0 spiro atoms. The molecule has 0 unspecified atom stereocenters. The van der Waals surface area contributed by atoms with Gasteiger partial charge in [0.1, 0.15) is 12.2 Å². The van der Waals surface area contributed by atoms with Crippen molar-refractivity contribution in [3.05, 3.63) is 53.2 Å². The van der Waals surface area contributed by atoms with Crippen molar-refractivity contribution in [3.8, 4) is 11.3 Å². The summed E-state index contributed by atoms with van der Waals surface area (Å²) in [4.78, 5) is 37.5. The fourth-order valence-electron chi connectivity index (χ4n) is 2.63. The van der Waals surface area contributed by atoms with Crippen molar-refractivity contribution in [1.82, 2.24) is 15.1 Å². The Bertz CT molecular complexity index is 894. The van der Waals surface area contributed by atoms with Crippen LogP contribution in [0.5, 0.6) is 0 Å². The number of aromatic nitrogens is 2.